The van der Waals surface area contributed by atoms with Crippen molar-refractivity contribution < 1.29 is 0 Å². The van der Waals surface area contributed by atoms with Crippen molar-refractivity contribution in [3.05, 3.63) is 0 Å². The van der Waals surface area contributed by atoms with Gasteiger partial charge in [-0.1, -0.05) is 48.0 Å². The number of nitrogens with one attached hydrogen (secondary N) is 1. The zero-order chi connectivity index (χ0) is 15.2. The van der Waals surface area contributed by atoms with Crippen LogP contribution in [-0.4, -0.2) is 48.1 Å². The largest absolute Gasteiger partial charge is 0.311 e. The van der Waals surface area contributed by atoms with Crippen LogP contribution >= 0.6 is 11.8 Å². The topological polar surface area (TPSA) is 15.3 Å². The molecular formula is C17H36N2S. The molecule has 0 radical (unpaired) electrons. The predicted molar refractivity (Wildman–Crippen MR) is 93.7 cm³/mol. The Kier molecular flexibility index (Phi) is 7.92. The normalized spacial score (nSPS) is 26.7. The van der Waals surface area contributed by atoms with E-state index in [-0.39, 0.29) is 0 Å². The van der Waals surface area contributed by atoms with E-state index >= 15 is 0 Å². The molecule has 0 aromatic carbocycles. The zero-order valence-electron chi connectivity index (χ0n) is 14.5. The molecule has 20 heavy (non-hydrogen) atoms. The highest BCUT2D eigenvalue weighted by molar-refractivity contribution is 7.99. The average Bonchev–Trinajstić information content (AvgIpc) is 2.41. The van der Waals surface area contributed by atoms with Crippen molar-refractivity contribution in [2.24, 2.45) is 11.3 Å². The highest BCUT2D eigenvalue weighted by Gasteiger charge is 2.36. The highest BCUT2D eigenvalue weighted by atomic mass is 32.2. The molecular weight excluding hydrogens is 264 g/mol. The van der Waals surface area contributed by atoms with Gasteiger partial charge in [-0.25, -0.2) is 0 Å². The Morgan fingerprint density at radius 3 is 2.55 bits per heavy atom. The molecule has 3 atom stereocenters. The summed E-state index contributed by atoms with van der Waals surface area (Å²) in [5, 5.41) is 3.81. The van der Waals surface area contributed by atoms with E-state index in [1.54, 1.807) is 0 Å². The number of hydrogen-bond acceptors (Lipinski definition) is 3. The molecule has 1 rings (SSSR count). The lowest BCUT2D eigenvalue weighted by molar-refractivity contribution is 0.0444. The molecule has 0 aromatic rings. The smallest absolute Gasteiger partial charge is 0.0269 e. The summed E-state index contributed by atoms with van der Waals surface area (Å²) in [5.74, 6) is 3.34. The van der Waals surface area contributed by atoms with Gasteiger partial charge in [-0.3, -0.25) is 4.90 Å². The molecule has 0 saturated carbocycles. The Bertz CT molecular complexity index is 262. The third kappa shape index (κ3) is 5.57. The summed E-state index contributed by atoms with van der Waals surface area (Å²) >= 11 is 2.07. The van der Waals surface area contributed by atoms with Gasteiger partial charge in [0.1, 0.15) is 0 Å². The Morgan fingerprint density at radius 2 is 2.00 bits per heavy atom. The molecule has 0 bridgehead atoms. The Hall–Kier alpha value is 0.270. The number of thioether (sulfide) groups is 1. The fourth-order valence-electron chi connectivity index (χ4n) is 3.12. The lowest BCUT2D eigenvalue weighted by Crippen LogP contribution is -2.62. The summed E-state index contributed by atoms with van der Waals surface area (Å²) < 4.78 is 0. The lowest BCUT2D eigenvalue weighted by Gasteiger charge is -2.47. The van der Waals surface area contributed by atoms with E-state index in [0.717, 1.165) is 12.5 Å². The first kappa shape index (κ1) is 18.3. The van der Waals surface area contributed by atoms with Crippen LogP contribution in [0.4, 0.5) is 0 Å². The third-order valence-electron chi connectivity index (χ3n) is 4.71. The van der Waals surface area contributed by atoms with Crippen molar-refractivity contribution in [3.8, 4) is 0 Å². The number of nitrogens with zero attached hydrogens (tertiary/aromatic N) is 1. The second-order valence-electron chi connectivity index (χ2n) is 7.33. The number of rotatable bonds is 7. The summed E-state index contributed by atoms with van der Waals surface area (Å²) in [7, 11) is 0. The predicted octanol–water partition coefficient (Wildman–Crippen LogP) is 3.86. The molecule has 2 nitrogen and oxygen atoms in total. The van der Waals surface area contributed by atoms with E-state index < -0.39 is 0 Å². The van der Waals surface area contributed by atoms with Gasteiger partial charge in [-0.05, 0) is 35.8 Å². The summed E-state index contributed by atoms with van der Waals surface area (Å²) in [6.45, 7) is 17.8. The number of piperazine rings is 1. The molecule has 3 unspecified atom stereocenters. The van der Waals surface area contributed by atoms with E-state index in [4.69, 9.17) is 0 Å². The molecule has 1 fully saturated rings. The molecule has 1 saturated heterocycles. The molecule has 0 amide bonds. The van der Waals surface area contributed by atoms with Gasteiger partial charge in [0.2, 0.25) is 0 Å². The van der Waals surface area contributed by atoms with Crippen molar-refractivity contribution in [2.45, 2.75) is 66.5 Å². The Balaban J connectivity index is 2.58. The molecule has 0 aliphatic carbocycles. The van der Waals surface area contributed by atoms with E-state index in [0.29, 0.717) is 17.5 Å². The molecule has 3 heteroatoms. The van der Waals surface area contributed by atoms with Crippen molar-refractivity contribution in [3.63, 3.8) is 0 Å². The van der Waals surface area contributed by atoms with Gasteiger partial charge in [0.25, 0.3) is 0 Å². The molecule has 1 N–H and O–H groups in total. The Morgan fingerprint density at radius 1 is 1.30 bits per heavy atom. The maximum atomic E-state index is 3.81. The molecule has 0 aromatic heterocycles. The first-order valence-corrected chi connectivity index (χ1v) is 9.60. The quantitative estimate of drug-likeness (QED) is 0.719. The molecule has 120 valence electrons. The summed E-state index contributed by atoms with van der Waals surface area (Å²) in [5.41, 5.74) is 0.366. The van der Waals surface area contributed by atoms with Crippen LogP contribution < -0.4 is 5.32 Å². The van der Waals surface area contributed by atoms with Crippen LogP contribution in [0.15, 0.2) is 0 Å². The lowest BCUT2D eigenvalue weighted by atomic mass is 9.82. The van der Waals surface area contributed by atoms with Crippen molar-refractivity contribution >= 4 is 11.8 Å². The summed E-state index contributed by atoms with van der Waals surface area (Å²) in [6, 6.07) is 1.35. The molecule has 1 aliphatic rings. The van der Waals surface area contributed by atoms with Crippen LogP contribution in [0.2, 0.25) is 0 Å². The minimum atomic E-state index is 0.366. The SMILES string of the molecule is CCSCCCN1CC(C(C)CC)NCC1C(C)(C)C. The first-order valence-electron chi connectivity index (χ1n) is 8.45. The van der Waals surface area contributed by atoms with Crippen LogP contribution in [0.1, 0.15) is 54.4 Å². The monoisotopic (exact) mass is 300 g/mol. The summed E-state index contributed by atoms with van der Waals surface area (Å²) in [4.78, 5) is 2.77. The van der Waals surface area contributed by atoms with Gasteiger partial charge in [0, 0.05) is 25.2 Å². The van der Waals surface area contributed by atoms with Gasteiger partial charge >= 0.3 is 0 Å². The van der Waals surface area contributed by atoms with Gasteiger partial charge in [-0.15, -0.1) is 0 Å². The maximum absolute atomic E-state index is 3.81. The fourth-order valence-corrected chi connectivity index (χ4v) is 3.74. The minimum Gasteiger partial charge on any atom is -0.311 e. The van der Waals surface area contributed by atoms with Crippen molar-refractivity contribution in [1.29, 1.82) is 0 Å². The van der Waals surface area contributed by atoms with Crippen LogP contribution in [0.3, 0.4) is 0 Å². The third-order valence-corrected chi connectivity index (χ3v) is 5.70. The van der Waals surface area contributed by atoms with Crippen LogP contribution in [0.5, 0.6) is 0 Å². The van der Waals surface area contributed by atoms with Crippen LogP contribution in [-0.2, 0) is 0 Å². The van der Waals surface area contributed by atoms with Gasteiger partial charge in [0.15, 0.2) is 0 Å². The minimum absolute atomic E-state index is 0.366. The van der Waals surface area contributed by atoms with E-state index in [2.05, 4.69) is 63.5 Å². The summed E-state index contributed by atoms with van der Waals surface area (Å²) in [6.07, 6.45) is 2.61. The second kappa shape index (κ2) is 8.65. The zero-order valence-corrected chi connectivity index (χ0v) is 15.4. The molecule has 1 heterocycles. The van der Waals surface area contributed by atoms with Crippen molar-refractivity contribution in [1.82, 2.24) is 10.2 Å². The highest BCUT2D eigenvalue weighted by Crippen LogP contribution is 2.28. The maximum Gasteiger partial charge on any atom is 0.0269 e. The van der Waals surface area contributed by atoms with E-state index in [9.17, 15) is 0 Å². The van der Waals surface area contributed by atoms with E-state index in [1.165, 1.54) is 37.4 Å². The van der Waals surface area contributed by atoms with Crippen LogP contribution in [0, 0.1) is 11.3 Å². The first-order chi connectivity index (χ1) is 9.40. The van der Waals surface area contributed by atoms with E-state index in [1.807, 2.05) is 0 Å². The van der Waals surface area contributed by atoms with Crippen molar-refractivity contribution in [2.75, 3.05) is 31.1 Å². The van der Waals surface area contributed by atoms with Gasteiger partial charge in [-0.2, -0.15) is 11.8 Å². The average molecular weight is 301 g/mol. The second-order valence-corrected chi connectivity index (χ2v) is 8.72. The molecule has 1 aliphatic heterocycles. The fraction of sp³-hybridized carbons (Fsp3) is 1.00. The molecule has 0 spiro atoms. The van der Waals surface area contributed by atoms with Gasteiger partial charge in [0.05, 0.1) is 0 Å². The van der Waals surface area contributed by atoms with Crippen LogP contribution in [0.25, 0.3) is 0 Å². The Labute approximate surface area is 131 Å². The standard InChI is InChI=1S/C17H36N2S/c1-7-14(3)15-13-19(10-9-11-20-8-2)16(12-18-15)17(4,5)6/h14-16,18H,7-13H2,1-6H3. The van der Waals surface area contributed by atoms with Gasteiger partial charge < -0.3 is 5.32 Å². The number of hydrogen-bond donors (Lipinski definition) is 1.